The third-order valence-corrected chi connectivity index (χ3v) is 3.62. The van der Waals surface area contributed by atoms with Gasteiger partial charge in [-0.05, 0) is 41.8 Å². The van der Waals surface area contributed by atoms with Gasteiger partial charge in [0.1, 0.15) is 0 Å². The van der Waals surface area contributed by atoms with Gasteiger partial charge in [-0.1, -0.05) is 39.7 Å². The number of hydrogen-bond donors (Lipinski definition) is 2. The Morgan fingerprint density at radius 2 is 2.00 bits per heavy atom. The molecule has 1 atom stereocenters. The van der Waals surface area contributed by atoms with Crippen molar-refractivity contribution >= 4 is 27.5 Å². The average molecular weight is 362 g/mol. The molecule has 0 heterocycles. The summed E-state index contributed by atoms with van der Waals surface area (Å²) in [6, 6.07) is 9.00. The molecule has 0 bridgehead atoms. The molecular weight excluding hydrogens is 350 g/mol. The van der Waals surface area contributed by atoms with Gasteiger partial charge in [0.05, 0.1) is 6.04 Å². The number of nitrogens with two attached hydrogens (primary N) is 1. The van der Waals surface area contributed by atoms with E-state index in [0.717, 1.165) is 16.1 Å². The van der Waals surface area contributed by atoms with Gasteiger partial charge in [-0.15, -0.1) is 0 Å². The molecule has 0 aliphatic carbocycles. The van der Waals surface area contributed by atoms with Crippen LogP contribution in [0.3, 0.4) is 0 Å². The molecule has 3 N–H and O–H groups in total. The van der Waals surface area contributed by atoms with Crippen LogP contribution >= 0.6 is 27.5 Å². The van der Waals surface area contributed by atoms with Crippen LogP contribution < -0.4 is 11.3 Å². The summed E-state index contributed by atoms with van der Waals surface area (Å²) in [7, 11) is 0. The van der Waals surface area contributed by atoms with Gasteiger partial charge in [0.15, 0.2) is 11.6 Å². The minimum atomic E-state index is -0.870. The van der Waals surface area contributed by atoms with Gasteiger partial charge < -0.3 is 0 Å². The van der Waals surface area contributed by atoms with E-state index in [9.17, 15) is 8.78 Å². The average Bonchev–Trinajstić information content (AvgIpc) is 2.39. The molecule has 0 aromatic heterocycles. The third kappa shape index (κ3) is 3.55. The minimum Gasteiger partial charge on any atom is -0.271 e. The normalized spacial score (nSPS) is 12.4. The highest BCUT2D eigenvalue weighted by Gasteiger charge is 2.16. The Bertz CT molecular complexity index is 602. The highest BCUT2D eigenvalue weighted by Crippen LogP contribution is 2.26. The van der Waals surface area contributed by atoms with Crippen LogP contribution in [0.15, 0.2) is 40.9 Å². The van der Waals surface area contributed by atoms with Gasteiger partial charge >= 0.3 is 0 Å². The number of rotatable bonds is 4. The van der Waals surface area contributed by atoms with E-state index in [-0.39, 0.29) is 18.0 Å². The predicted octanol–water partition coefficient (Wildman–Crippen LogP) is 4.13. The summed E-state index contributed by atoms with van der Waals surface area (Å²) in [5.74, 6) is 3.79. The zero-order valence-corrected chi connectivity index (χ0v) is 12.7. The summed E-state index contributed by atoms with van der Waals surface area (Å²) >= 11 is 9.31. The quantitative estimate of drug-likeness (QED) is 0.635. The van der Waals surface area contributed by atoms with Crippen LogP contribution in [-0.2, 0) is 6.42 Å². The zero-order valence-electron chi connectivity index (χ0n) is 10.3. The second-order valence-electron chi connectivity index (χ2n) is 4.34. The Labute approximate surface area is 129 Å². The fraction of sp³-hybridized carbons (Fsp3) is 0.143. The molecule has 2 aromatic carbocycles. The molecule has 0 fully saturated rings. The number of nitrogens with one attached hydrogen (secondary N) is 1. The minimum absolute atomic E-state index is 0.215. The number of hydrazine groups is 1. The maximum absolute atomic E-state index is 13.7. The molecule has 2 aromatic rings. The van der Waals surface area contributed by atoms with Crippen LogP contribution in [0.25, 0.3) is 0 Å². The second-order valence-corrected chi connectivity index (χ2v) is 5.69. The first-order valence-corrected chi connectivity index (χ1v) is 7.03. The Morgan fingerprint density at radius 1 is 1.25 bits per heavy atom. The molecule has 2 rings (SSSR count). The molecule has 0 saturated carbocycles. The molecular formula is C14H12BrClF2N2. The van der Waals surface area contributed by atoms with E-state index in [2.05, 4.69) is 21.4 Å². The van der Waals surface area contributed by atoms with Crippen molar-refractivity contribution in [2.24, 2.45) is 5.84 Å². The van der Waals surface area contributed by atoms with Crippen LogP contribution in [-0.4, -0.2) is 0 Å². The van der Waals surface area contributed by atoms with E-state index < -0.39 is 11.6 Å². The molecule has 20 heavy (non-hydrogen) atoms. The first-order chi connectivity index (χ1) is 9.51. The summed E-state index contributed by atoms with van der Waals surface area (Å²) in [5.41, 5.74) is 3.64. The molecule has 1 unspecified atom stereocenters. The van der Waals surface area contributed by atoms with Gasteiger partial charge in [-0.3, -0.25) is 11.3 Å². The monoisotopic (exact) mass is 360 g/mol. The lowest BCUT2D eigenvalue weighted by Crippen LogP contribution is -2.30. The van der Waals surface area contributed by atoms with E-state index in [1.54, 1.807) is 12.1 Å². The smallest absolute Gasteiger partial charge is 0.162 e. The maximum atomic E-state index is 13.7. The topological polar surface area (TPSA) is 38.0 Å². The van der Waals surface area contributed by atoms with Crippen LogP contribution in [0.2, 0.25) is 5.02 Å². The van der Waals surface area contributed by atoms with Gasteiger partial charge in [0, 0.05) is 9.50 Å². The van der Waals surface area contributed by atoms with Crippen LogP contribution in [0.4, 0.5) is 8.78 Å². The second kappa shape index (κ2) is 6.63. The Balaban J connectivity index is 2.31. The molecule has 0 aliphatic rings. The van der Waals surface area contributed by atoms with Gasteiger partial charge in [-0.2, -0.15) is 0 Å². The van der Waals surface area contributed by atoms with Crippen LogP contribution in [0, 0.1) is 11.6 Å². The summed E-state index contributed by atoms with van der Waals surface area (Å²) in [6.07, 6.45) is 0.215. The highest BCUT2D eigenvalue weighted by molar-refractivity contribution is 9.10. The Hall–Kier alpha value is -1.01. The molecule has 6 heteroatoms. The number of benzene rings is 2. The van der Waals surface area contributed by atoms with Gasteiger partial charge in [0.25, 0.3) is 0 Å². The van der Waals surface area contributed by atoms with E-state index in [1.165, 1.54) is 12.1 Å². The molecule has 0 amide bonds. The fourth-order valence-corrected chi connectivity index (χ4v) is 2.86. The van der Waals surface area contributed by atoms with E-state index in [0.29, 0.717) is 5.02 Å². The first kappa shape index (κ1) is 15.4. The number of halogens is 4. The lowest BCUT2D eigenvalue weighted by atomic mass is 9.99. The van der Waals surface area contributed by atoms with Crippen molar-refractivity contribution in [1.29, 1.82) is 0 Å². The van der Waals surface area contributed by atoms with Crippen LogP contribution in [0.5, 0.6) is 0 Å². The van der Waals surface area contributed by atoms with Crippen molar-refractivity contribution in [2.75, 3.05) is 0 Å². The Morgan fingerprint density at radius 3 is 2.65 bits per heavy atom. The summed E-state index contributed by atoms with van der Waals surface area (Å²) in [6.45, 7) is 0. The van der Waals surface area contributed by atoms with Crippen molar-refractivity contribution in [1.82, 2.24) is 5.43 Å². The van der Waals surface area contributed by atoms with Crippen LogP contribution in [0.1, 0.15) is 17.2 Å². The third-order valence-electron chi connectivity index (χ3n) is 2.94. The first-order valence-electron chi connectivity index (χ1n) is 5.86. The summed E-state index contributed by atoms with van der Waals surface area (Å²) < 4.78 is 27.7. The summed E-state index contributed by atoms with van der Waals surface area (Å²) in [5, 5.41) is 0.536. The summed E-state index contributed by atoms with van der Waals surface area (Å²) in [4.78, 5) is 0. The zero-order chi connectivity index (χ0) is 14.7. The van der Waals surface area contributed by atoms with Crippen molar-refractivity contribution in [3.8, 4) is 0 Å². The van der Waals surface area contributed by atoms with E-state index in [4.69, 9.17) is 17.4 Å². The van der Waals surface area contributed by atoms with Gasteiger partial charge in [-0.25, -0.2) is 8.78 Å². The fourth-order valence-electron chi connectivity index (χ4n) is 1.98. The maximum Gasteiger partial charge on any atom is 0.162 e. The molecule has 0 aliphatic heterocycles. The van der Waals surface area contributed by atoms with Crippen molar-refractivity contribution < 1.29 is 8.78 Å². The van der Waals surface area contributed by atoms with Crippen molar-refractivity contribution in [3.63, 3.8) is 0 Å². The lowest BCUT2D eigenvalue weighted by molar-refractivity contribution is 0.481. The lowest BCUT2D eigenvalue weighted by Gasteiger charge is -2.17. The SMILES string of the molecule is NNC(Cc1cccc(F)c1F)c1cc(Cl)cc(Br)c1. The molecule has 106 valence electrons. The Kier molecular flexibility index (Phi) is 5.10. The molecule has 0 spiro atoms. The highest BCUT2D eigenvalue weighted by atomic mass is 79.9. The molecule has 2 nitrogen and oxygen atoms in total. The van der Waals surface area contributed by atoms with E-state index >= 15 is 0 Å². The molecule has 0 saturated heterocycles. The largest absolute Gasteiger partial charge is 0.271 e. The van der Waals surface area contributed by atoms with Crippen molar-refractivity contribution in [2.45, 2.75) is 12.5 Å². The standard InChI is InChI=1S/C14H12BrClF2N2/c15-10-4-9(5-11(16)7-10)13(20-19)6-8-2-1-3-12(17)14(8)18/h1-5,7,13,20H,6,19H2. The van der Waals surface area contributed by atoms with Crippen molar-refractivity contribution in [3.05, 3.63) is 68.7 Å². The van der Waals surface area contributed by atoms with E-state index in [1.807, 2.05) is 6.07 Å². The molecule has 0 radical (unpaired) electrons. The van der Waals surface area contributed by atoms with Gasteiger partial charge in [0.2, 0.25) is 0 Å². The number of hydrogen-bond acceptors (Lipinski definition) is 2. The predicted molar refractivity (Wildman–Crippen MR) is 79.3 cm³/mol.